The SMILES string of the molecule is C[C@H](Oc1ccc(CN2CCC(C#N)(c3ccccc3)CC2)cc1)C(=O)O. The lowest BCUT2D eigenvalue weighted by Crippen LogP contribution is -2.41. The van der Waals surface area contributed by atoms with Crippen molar-refractivity contribution in [2.45, 2.75) is 37.8 Å². The lowest BCUT2D eigenvalue weighted by molar-refractivity contribution is -0.144. The smallest absolute Gasteiger partial charge is 0.344 e. The summed E-state index contributed by atoms with van der Waals surface area (Å²) >= 11 is 0. The first-order valence-corrected chi connectivity index (χ1v) is 9.20. The monoisotopic (exact) mass is 364 g/mol. The molecule has 0 aromatic heterocycles. The summed E-state index contributed by atoms with van der Waals surface area (Å²) in [6, 6.07) is 20.2. The van der Waals surface area contributed by atoms with E-state index in [2.05, 4.69) is 23.1 Å². The molecule has 1 N–H and O–H groups in total. The van der Waals surface area contributed by atoms with Crippen LogP contribution in [0.1, 0.15) is 30.9 Å². The number of carbonyl (C=O) groups is 1. The molecule has 2 aromatic carbocycles. The maximum Gasteiger partial charge on any atom is 0.344 e. The average Bonchev–Trinajstić information content (AvgIpc) is 2.71. The molecule has 0 spiro atoms. The van der Waals surface area contributed by atoms with E-state index < -0.39 is 12.1 Å². The molecule has 27 heavy (non-hydrogen) atoms. The van der Waals surface area contributed by atoms with Crippen molar-refractivity contribution in [1.82, 2.24) is 4.90 Å². The highest BCUT2D eigenvalue weighted by atomic mass is 16.5. The third-order valence-corrected chi connectivity index (χ3v) is 5.24. The van der Waals surface area contributed by atoms with Crippen molar-refractivity contribution in [3.8, 4) is 11.8 Å². The lowest BCUT2D eigenvalue weighted by Gasteiger charge is -2.37. The number of carboxylic acid groups (broad SMARTS) is 1. The van der Waals surface area contributed by atoms with Gasteiger partial charge in [0.2, 0.25) is 0 Å². The minimum Gasteiger partial charge on any atom is -0.479 e. The van der Waals surface area contributed by atoms with Gasteiger partial charge in [-0.05, 0) is 43.0 Å². The van der Waals surface area contributed by atoms with Crippen LogP contribution in [0.25, 0.3) is 0 Å². The van der Waals surface area contributed by atoms with E-state index in [0.29, 0.717) is 5.75 Å². The van der Waals surface area contributed by atoms with Crippen LogP contribution >= 0.6 is 0 Å². The van der Waals surface area contributed by atoms with Gasteiger partial charge in [0.25, 0.3) is 0 Å². The Balaban J connectivity index is 1.58. The molecule has 0 radical (unpaired) electrons. The van der Waals surface area contributed by atoms with Gasteiger partial charge in [0, 0.05) is 19.6 Å². The van der Waals surface area contributed by atoms with Crippen molar-refractivity contribution in [2.75, 3.05) is 13.1 Å². The van der Waals surface area contributed by atoms with Gasteiger partial charge in [-0.2, -0.15) is 5.26 Å². The number of ether oxygens (including phenoxy) is 1. The Morgan fingerprint density at radius 2 is 1.81 bits per heavy atom. The van der Waals surface area contributed by atoms with Crippen LogP contribution in [-0.2, 0) is 16.8 Å². The Morgan fingerprint density at radius 1 is 1.19 bits per heavy atom. The molecule has 1 saturated heterocycles. The second-order valence-corrected chi connectivity index (χ2v) is 7.08. The number of benzene rings is 2. The van der Waals surface area contributed by atoms with Crippen molar-refractivity contribution in [3.63, 3.8) is 0 Å². The predicted octanol–water partition coefficient (Wildman–Crippen LogP) is 3.60. The van der Waals surface area contributed by atoms with Crippen molar-refractivity contribution in [3.05, 3.63) is 65.7 Å². The molecular weight excluding hydrogens is 340 g/mol. The van der Waals surface area contributed by atoms with Gasteiger partial charge in [-0.1, -0.05) is 42.5 Å². The summed E-state index contributed by atoms with van der Waals surface area (Å²) in [5.74, 6) is -0.424. The molecule has 5 heteroatoms. The largest absolute Gasteiger partial charge is 0.479 e. The number of piperidine rings is 1. The fourth-order valence-corrected chi connectivity index (χ4v) is 3.50. The highest BCUT2D eigenvalue weighted by Gasteiger charge is 2.36. The molecule has 140 valence electrons. The Morgan fingerprint density at radius 3 is 2.37 bits per heavy atom. The van der Waals surface area contributed by atoms with Crippen LogP contribution in [0.15, 0.2) is 54.6 Å². The highest BCUT2D eigenvalue weighted by Crippen LogP contribution is 2.35. The molecule has 0 saturated carbocycles. The fraction of sp³-hybridized carbons (Fsp3) is 0.364. The number of rotatable bonds is 6. The van der Waals surface area contributed by atoms with E-state index in [1.165, 1.54) is 6.92 Å². The summed E-state index contributed by atoms with van der Waals surface area (Å²) in [5.41, 5.74) is 1.87. The van der Waals surface area contributed by atoms with Crippen molar-refractivity contribution in [2.24, 2.45) is 0 Å². The van der Waals surface area contributed by atoms with E-state index in [-0.39, 0.29) is 5.41 Å². The van der Waals surface area contributed by atoms with E-state index in [1.807, 2.05) is 42.5 Å². The second kappa shape index (κ2) is 8.24. The zero-order valence-corrected chi connectivity index (χ0v) is 15.5. The first-order chi connectivity index (χ1) is 13.0. The topological polar surface area (TPSA) is 73.6 Å². The molecule has 0 amide bonds. The Kier molecular flexibility index (Phi) is 5.78. The molecular formula is C22H24N2O3. The zero-order chi connectivity index (χ0) is 19.3. The average molecular weight is 364 g/mol. The normalized spacial score (nSPS) is 17.6. The summed E-state index contributed by atoms with van der Waals surface area (Å²) in [5, 5.41) is 18.7. The Labute approximate surface area is 159 Å². The third kappa shape index (κ3) is 4.47. The zero-order valence-electron chi connectivity index (χ0n) is 15.5. The number of hydrogen-bond acceptors (Lipinski definition) is 4. The van der Waals surface area contributed by atoms with Crippen LogP contribution in [-0.4, -0.2) is 35.2 Å². The van der Waals surface area contributed by atoms with Crippen LogP contribution in [0.2, 0.25) is 0 Å². The quantitative estimate of drug-likeness (QED) is 0.848. The van der Waals surface area contributed by atoms with E-state index in [4.69, 9.17) is 9.84 Å². The van der Waals surface area contributed by atoms with Gasteiger partial charge >= 0.3 is 5.97 Å². The molecule has 0 bridgehead atoms. The van der Waals surface area contributed by atoms with Crippen LogP contribution in [0.3, 0.4) is 0 Å². The minimum atomic E-state index is -0.980. The molecule has 1 atom stereocenters. The molecule has 2 aromatic rings. The standard InChI is InChI=1S/C22H24N2O3/c1-17(21(25)26)27-20-9-7-18(8-10-20)15-24-13-11-22(16-23,12-14-24)19-5-3-2-4-6-19/h2-10,17H,11-15H2,1H3,(H,25,26)/t17-/m0/s1. The molecule has 3 rings (SSSR count). The Hall–Kier alpha value is -2.84. The van der Waals surface area contributed by atoms with E-state index in [0.717, 1.165) is 43.6 Å². The number of aliphatic carboxylic acids is 1. The van der Waals surface area contributed by atoms with Crippen LogP contribution in [0, 0.1) is 11.3 Å². The number of nitrogens with zero attached hydrogens (tertiary/aromatic N) is 2. The van der Waals surface area contributed by atoms with Gasteiger partial charge in [-0.25, -0.2) is 4.79 Å². The third-order valence-electron chi connectivity index (χ3n) is 5.24. The summed E-state index contributed by atoms with van der Waals surface area (Å²) in [7, 11) is 0. The molecule has 0 unspecified atom stereocenters. The molecule has 1 heterocycles. The predicted molar refractivity (Wildman–Crippen MR) is 102 cm³/mol. The van der Waals surface area contributed by atoms with Gasteiger partial charge in [-0.3, -0.25) is 4.90 Å². The molecule has 1 aliphatic heterocycles. The van der Waals surface area contributed by atoms with E-state index >= 15 is 0 Å². The van der Waals surface area contributed by atoms with E-state index in [1.54, 1.807) is 0 Å². The molecule has 1 fully saturated rings. The second-order valence-electron chi connectivity index (χ2n) is 7.08. The molecule has 1 aliphatic rings. The summed E-state index contributed by atoms with van der Waals surface area (Å²) < 4.78 is 5.36. The van der Waals surface area contributed by atoms with Crippen LogP contribution in [0.5, 0.6) is 5.75 Å². The van der Waals surface area contributed by atoms with Crippen molar-refractivity contribution >= 4 is 5.97 Å². The molecule has 5 nitrogen and oxygen atoms in total. The summed E-state index contributed by atoms with van der Waals surface area (Å²) in [6.45, 7) is 4.07. The number of carboxylic acids is 1. The van der Waals surface area contributed by atoms with Gasteiger partial charge in [0.15, 0.2) is 6.10 Å². The maximum atomic E-state index is 10.9. The van der Waals surface area contributed by atoms with Gasteiger partial charge in [0.05, 0.1) is 11.5 Å². The van der Waals surface area contributed by atoms with Crippen LogP contribution < -0.4 is 4.74 Å². The highest BCUT2D eigenvalue weighted by molar-refractivity contribution is 5.72. The lowest BCUT2D eigenvalue weighted by atomic mass is 9.74. The minimum absolute atomic E-state index is 0.386. The van der Waals surface area contributed by atoms with Gasteiger partial charge in [-0.15, -0.1) is 0 Å². The first-order valence-electron chi connectivity index (χ1n) is 9.20. The summed E-state index contributed by atoms with van der Waals surface area (Å²) in [6.07, 6.45) is 0.783. The maximum absolute atomic E-state index is 10.9. The number of nitriles is 1. The first kappa shape index (κ1) is 18.9. The number of hydrogen-bond donors (Lipinski definition) is 1. The van der Waals surface area contributed by atoms with Crippen molar-refractivity contribution in [1.29, 1.82) is 5.26 Å². The molecule has 0 aliphatic carbocycles. The van der Waals surface area contributed by atoms with Gasteiger partial charge < -0.3 is 9.84 Å². The van der Waals surface area contributed by atoms with Crippen LogP contribution in [0.4, 0.5) is 0 Å². The summed E-state index contributed by atoms with van der Waals surface area (Å²) in [4.78, 5) is 13.2. The van der Waals surface area contributed by atoms with Crippen molar-refractivity contribution < 1.29 is 14.6 Å². The Bertz CT molecular complexity index is 804. The number of likely N-dealkylation sites (tertiary alicyclic amines) is 1. The van der Waals surface area contributed by atoms with E-state index in [9.17, 15) is 10.1 Å². The fourth-order valence-electron chi connectivity index (χ4n) is 3.50. The van der Waals surface area contributed by atoms with Gasteiger partial charge in [0.1, 0.15) is 5.75 Å².